The molecule has 1 fully saturated rings. The first kappa shape index (κ1) is 11.5. The van der Waals surface area contributed by atoms with E-state index in [2.05, 4.69) is 15.2 Å². The van der Waals surface area contributed by atoms with E-state index in [0.29, 0.717) is 6.54 Å². The van der Waals surface area contributed by atoms with Crippen molar-refractivity contribution in [3.8, 4) is 0 Å². The van der Waals surface area contributed by atoms with Crippen molar-refractivity contribution >= 4 is 17.3 Å². The second-order valence-corrected chi connectivity index (χ2v) is 4.95. The lowest BCUT2D eigenvalue weighted by molar-refractivity contribution is -0.141. The molecule has 0 bridgehead atoms. The van der Waals surface area contributed by atoms with E-state index in [1.165, 1.54) is 0 Å². The molecule has 16 heavy (non-hydrogen) atoms. The average molecular weight is 241 g/mol. The van der Waals surface area contributed by atoms with Gasteiger partial charge in [-0.3, -0.25) is 9.69 Å². The maximum absolute atomic E-state index is 10.8. The predicted octanol–water partition coefficient (Wildman–Crippen LogP) is 0.392. The second kappa shape index (κ2) is 4.48. The summed E-state index contributed by atoms with van der Waals surface area (Å²) in [7, 11) is 1.96. The van der Waals surface area contributed by atoms with E-state index in [4.69, 9.17) is 5.11 Å². The van der Waals surface area contributed by atoms with Gasteiger partial charge in [0.1, 0.15) is 0 Å². The fourth-order valence-electron chi connectivity index (χ4n) is 1.95. The number of aliphatic carboxylic acids is 1. The molecule has 0 saturated carbocycles. The van der Waals surface area contributed by atoms with Crippen molar-refractivity contribution in [3.63, 3.8) is 0 Å². The van der Waals surface area contributed by atoms with E-state index in [-0.39, 0.29) is 12.0 Å². The summed E-state index contributed by atoms with van der Waals surface area (Å²) in [4.78, 5) is 17.2. The van der Waals surface area contributed by atoms with Crippen LogP contribution in [0, 0.1) is 0 Å². The normalized spacial score (nSPS) is 18.4. The van der Waals surface area contributed by atoms with Gasteiger partial charge in [-0.2, -0.15) is 0 Å². The largest absolute Gasteiger partial charge is 0.481 e. The number of carboxylic acids is 1. The molecule has 2 heterocycles. The molecular weight excluding hydrogens is 226 g/mol. The van der Waals surface area contributed by atoms with Gasteiger partial charge < -0.3 is 10.4 Å². The van der Waals surface area contributed by atoms with Gasteiger partial charge >= 0.3 is 5.97 Å². The molecule has 6 heteroatoms. The summed E-state index contributed by atoms with van der Waals surface area (Å²) in [6.07, 6.45) is 0.181. The number of rotatable bonds is 5. The summed E-state index contributed by atoms with van der Waals surface area (Å²) in [5.41, 5.74) is 2.56. The minimum Gasteiger partial charge on any atom is -0.481 e. The van der Waals surface area contributed by atoms with Crippen LogP contribution in [0.25, 0.3) is 0 Å². The van der Waals surface area contributed by atoms with Gasteiger partial charge in [0.2, 0.25) is 0 Å². The zero-order valence-electron chi connectivity index (χ0n) is 9.14. The van der Waals surface area contributed by atoms with Gasteiger partial charge in [0.05, 0.1) is 23.2 Å². The standard InChI is InChI=1S/C10H15N3O2S/c1-13(3-8-4-16-7-12-8)10(2-9(14)15)5-11-6-10/h4,7,11H,2-3,5-6H2,1H3,(H,14,15). The van der Waals surface area contributed by atoms with Crippen LogP contribution < -0.4 is 5.32 Å². The third-order valence-corrected chi connectivity index (χ3v) is 3.72. The Hall–Kier alpha value is -0.980. The molecule has 0 amide bonds. The van der Waals surface area contributed by atoms with Crippen LogP contribution >= 0.6 is 11.3 Å². The van der Waals surface area contributed by atoms with E-state index >= 15 is 0 Å². The Kier molecular flexibility index (Phi) is 3.22. The highest BCUT2D eigenvalue weighted by molar-refractivity contribution is 7.07. The van der Waals surface area contributed by atoms with Gasteiger partial charge in [0.25, 0.3) is 0 Å². The van der Waals surface area contributed by atoms with E-state index in [9.17, 15) is 4.79 Å². The number of aromatic nitrogens is 1. The number of likely N-dealkylation sites (N-methyl/N-ethyl adjacent to an activating group) is 1. The minimum atomic E-state index is -0.744. The lowest BCUT2D eigenvalue weighted by Gasteiger charge is -2.48. The Morgan fingerprint density at radius 2 is 2.50 bits per heavy atom. The first-order chi connectivity index (χ1) is 7.62. The van der Waals surface area contributed by atoms with E-state index < -0.39 is 5.97 Å². The molecule has 88 valence electrons. The van der Waals surface area contributed by atoms with Crippen LogP contribution in [0.5, 0.6) is 0 Å². The summed E-state index contributed by atoms with van der Waals surface area (Å²) in [5, 5.41) is 14.1. The average Bonchev–Trinajstić information content (AvgIpc) is 2.63. The number of nitrogens with zero attached hydrogens (tertiary/aromatic N) is 2. The lowest BCUT2D eigenvalue weighted by Crippen LogP contribution is -2.68. The molecular formula is C10H15N3O2S. The maximum Gasteiger partial charge on any atom is 0.305 e. The zero-order valence-corrected chi connectivity index (χ0v) is 9.96. The highest BCUT2D eigenvalue weighted by Gasteiger charge is 2.42. The molecule has 0 aromatic carbocycles. The number of nitrogens with one attached hydrogen (secondary N) is 1. The van der Waals surface area contributed by atoms with Crippen molar-refractivity contribution in [2.24, 2.45) is 0 Å². The SMILES string of the molecule is CN(Cc1cscn1)C1(CC(=O)O)CNC1. The van der Waals surface area contributed by atoms with Crippen LogP contribution in [-0.4, -0.2) is 46.6 Å². The first-order valence-electron chi connectivity index (χ1n) is 5.13. The number of hydrogen-bond acceptors (Lipinski definition) is 5. The maximum atomic E-state index is 10.8. The minimum absolute atomic E-state index is 0.181. The van der Waals surface area contributed by atoms with Crippen molar-refractivity contribution in [1.82, 2.24) is 15.2 Å². The van der Waals surface area contributed by atoms with Crippen LogP contribution in [0.2, 0.25) is 0 Å². The summed E-state index contributed by atoms with van der Waals surface area (Å²) in [5.74, 6) is -0.744. The van der Waals surface area contributed by atoms with E-state index in [1.807, 2.05) is 12.4 Å². The molecule has 1 saturated heterocycles. The lowest BCUT2D eigenvalue weighted by atomic mass is 9.86. The quantitative estimate of drug-likeness (QED) is 0.781. The molecule has 0 unspecified atom stereocenters. The Labute approximate surface area is 98.1 Å². The third kappa shape index (κ3) is 2.23. The second-order valence-electron chi connectivity index (χ2n) is 4.23. The summed E-state index contributed by atoms with van der Waals surface area (Å²) >= 11 is 1.56. The van der Waals surface area contributed by atoms with Crippen molar-refractivity contribution in [1.29, 1.82) is 0 Å². The molecule has 0 atom stereocenters. The number of hydrogen-bond donors (Lipinski definition) is 2. The molecule has 1 aliphatic rings. The smallest absolute Gasteiger partial charge is 0.305 e. The van der Waals surface area contributed by atoms with Crippen molar-refractivity contribution < 1.29 is 9.90 Å². The molecule has 1 aromatic rings. The Balaban J connectivity index is 2.01. The molecule has 5 nitrogen and oxygen atoms in total. The third-order valence-electron chi connectivity index (χ3n) is 3.08. The van der Waals surface area contributed by atoms with Gasteiger partial charge in [0.15, 0.2) is 0 Å². The monoisotopic (exact) mass is 241 g/mol. The molecule has 2 rings (SSSR count). The van der Waals surface area contributed by atoms with Crippen LogP contribution in [0.15, 0.2) is 10.9 Å². The number of carboxylic acid groups (broad SMARTS) is 1. The van der Waals surface area contributed by atoms with Crippen LogP contribution in [0.3, 0.4) is 0 Å². The van der Waals surface area contributed by atoms with Gasteiger partial charge in [-0.1, -0.05) is 0 Å². The molecule has 0 radical (unpaired) electrons. The summed E-state index contributed by atoms with van der Waals surface area (Å²) in [6.45, 7) is 2.18. The van der Waals surface area contributed by atoms with Gasteiger partial charge in [-0.25, -0.2) is 4.98 Å². The van der Waals surface area contributed by atoms with Crippen LogP contribution in [0.4, 0.5) is 0 Å². The fourth-order valence-corrected chi connectivity index (χ4v) is 2.50. The topological polar surface area (TPSA) is 65.5 Å². The van der Waals surface area contributed by atoms with E-state index in [0.717, 1.165) is 18.8 Å². The molecule has 1 aliphatic heterocycles. The fraction of sp³-hybridized carbons (Fsp3) is 0.600. The Bertz CT molecular complexity index is 362. The number of thiazole rings is 1. The zero-order chi connectivity index (χ0) is 11.6. The van der Waals surface area contributed by atoms with Crippen molar-refractivity contribution in [3.05, 3.63) is 16.6 Å². The Morgan fingerprint density at radius 3 is 2.94 bits per heavy atom. The molecule has 0 aliphatic carbocycles. The van der Waals surface area contributed by atoms with Crippen LogP contribution in [-0.2, 0) is 11.3 Å². The van der Waals surface area contributed by atoms with Gasteiger partial charge in [0, 0.05) is 25.0 Å². The molecule has 2 N–H and O–H groups in total. The predicted molar refractivity (Wildman–Crippen MR) is 61.4 cm³/mol. The highest BCUT2D eigenvalue weighted by Crippen LogP contribution is 2.25. The van der Waals surface area contributed by atoms with Crippen LogP contribution in [0.1, 0.15) is 12.1 Å². The highest BCUT2D eigenvalue weighted by atomic mass is 32.1. The van der Waals surface area contributed by atoms with Gasteiger partial charge in [-0.05, 0) is 7.05 Å². The Morgan fingerprint density at radius 1 is 1.75 bits per heavy atom. The first-order valence-corrected chi connectivity index (χ1v) is 6.07. The molecule has 1 aromatic heterocycles. The number of carbonyl (C=O) groups is 1. The van der Waals surface area contributed by atoms with Crippen molar-refractivity contribution in [2.45, 2.75) is 18.5 Å². The summed E-state index contributed by atoms with van der Waals surface area (Å²) < 4.78 is 0. The van der Waals surface area contributed by atoms with Crippen molar-refractivity contribution in [2.75, 3.05) is 20.1 Å². The summed E-state index contributed by atoms with van der Waals surface area (Å²) in [6, 6.07) is 0. The molecule has 0 spiro atoms. The van der Waals surface area contributed by atoms with E-state index in [1.54, 1.807) is 16.8 Å². The van der Waals surface area contributed by atoms with Gasteiger partial charge in [-0.15, -0.1) is 11.3 Å².